The van der Waals surface area contributed by atoms with Gasteiger partial charge >= 0.3 is 0 Å². The standard InChI is InChI=1S/C16H26N2O/c1-17-9-8-16-18-11-15(19-16)14-7-6-12-4-2-3-5-13(12)10-14/h11-14,17H,2-10H2,1H3. The van der Waals surface area contributed by atoms with Gasteiger partial charge in [-0.1, -0.05) is 25.7 Å². The van der Waals surface area contributed by atoms with Gasteiger partial charge in [0.2, 0.25) is 0 Å². The lowest BCUT2D eigenvalue weighted by Crippen LogP contribution is -2.26. The Hall–Kier alpha value is -0.830. The van der Waals surface area contributed by atoms with Crippen molar-refractivity contribution in [1.29, 1.82) is 0 Å². The van der Waals surface area contributed by atoms with Gasteiger partial charge in [0.05, 0.1) is 6.20 Å². The molecule has 19 heavy (non-hydrogen) atoms. The molecule has 1 heterocycles. The number of likely N-dealkylation sites (N-methyl/N-ethyl adjacent to an activating group) is 1. The van der Waals surface area contributed by atoms with Crippen molar-refractivity contribution in [1.82, 2.24) is 10.3 Å². The molecular weight excluding hydrogens is 236 g/mol. The fourth-order valence-corrected chi connectivity index (χ4v) is 3.99. The lowest BCUT2D eigenvalue weighted by Gasteiger charge is -2.38. The number of fused-ring (bicyclic) bond motifs is 1. The Kier molecular flexibility index (Phi) is 4.21. The van der Waals surface area contributed by atoms with Crippen LogP contribution in [0.3, 0.4) is 0 Å². The van der Waals surface area contributed by atoms with Gasteiger partial charge in [-0.05, 0) is 38.1 Å². The van der Waals surface area contributed by atoms with Crippen molar-refractivity contribution < 1.29 is 4.42 Å². The average Bonchev–Trinajstić information content (AvgIpc) is 2.93. The topological polar surface area (TPSA) is 38.1 Å². The van der Waals surface area contributed by atoms with Crippen LogP contribution in [0.25, 0.3) is 0 Å². The Morgan fingerprint density at radius 2 is 2.05 bits per heavy atom. The third kappa shape index (κ3) is 3.02. The highest BCUT2D eigenvalue weighted by Crippen LogP contribution is 2.46. The summed E-state index contributed by atoms with van der Waals surface area (Å²) in [5.41, 5.74) is 0. The van der Waals surface area contributed by atoms with E-state index in [0.29, 0.717) is 5.92 Å². The van der Waals surface area contributed by atoms with E-state index in [1.807, 2.05) is 13.2 Å². The number of hydrogen-bond acceptors (Lipinski definition) is 3. The van der Waals surface area contributed by atoms with Crippen LogP contribution in [0.4, 0.5) is 0 Å². The third-order valence-corrected chi connectivity index (χ3v) is 5.10. The van der Waals surface area contributed by atoms with Gasteiger partial charge in [0, 0.05) is 18.9 Å². The molecule has 0 aromatic carbocycles. The summed E-state index contributed by atoms with van der Waals surface area (Å²) in [6.07, 6.45) is 12.8. The summed E-state index contributed by atoms with van der Waals surface area (Å²) >= 11 is 0. The normalized spacial score (nSPS) is 31.1. The molecule has 0 bridgehead atoms. The number of aromatic nitrogens is 1. The Balaban J connectivity index is 1.61. The number of rotatable bonds is 4. The molecule has 2 aliphatic carbocycles. The number of oxazole rings is 1. The summed E-state index contributed by atoms with van der Waals surface area (Å²) in [6, 6.07) is 0. The first-order chi connectivity index (χ1) is 9.36. The molecule has 3 nitrogen and oxygen atoms in total. The lowest BCUT2D eigenvalue weighted by atomic mass is 9.67. The van der Waals surface area contributed by atoms with E-state index >= 15 is 0 Å². The summed E-state index contributed by atoms with van der Waals surface area (Å²) in [5, 5.41) is 3.14. The maximum Gasteiger partial charge on any atom is 0.195 e. The van der Waals surface area contributed by atoms with E-state index < -0.39 is 0 Å². The van der Waals surface area contributed by atoms with E-state index in [-0.39, 0.29) is 0 Å². The summed E-state index contributed by atoms with van der Waals surface area (Å²) in [5.74, 6) is 4.65. The highest BCUT2D eigenvalue weighted by atomic mass is 16.4. The van der Waals surface area contributed by atoms with Crippen LogP contribution in [0.15, 0.2) is 10.6 Å². The van der Waals surface area contributed by atoms with Crippen LogP contribution in [-0.4, -0.2) is 18.6 Å². The van der Waals surface area contributed by atoms with E-state index in [9.17, 15) is 0 Å². The van der Waals surface area contributed by atoms with E-state index in [0.717, 1.165) is 36.5 Å². The van der Waals surface area contributed by atoms with Gasteiger partial charge in [-0.3, -0.25) is 0 Å². The van der Waals surface area contributed by atoms with Crippen LogP contribution < -0.4 is 5.32 Å². The molecule has 0 amide bonds. The van der Waals surface area contributed by atoms with Crippen LogP contribution in [-0.2, 0) is 6.42 Å². The molecule has 1 aromatic rings. The Bertz CT molecular complexity index is 401. The first kappa shape index (κ1) is 13.2. The Morgan fingerprint density at radius 3 is 2.89 bits per heavy atom. The molecule has 2 aliphatic rings. The molecule has 1 aromatic heterocycles. The molecule has 3 unspecified atom stereocenters. The maximum absolute atomic E-state index is 5.95. The minimum Gasteiger partial charge on any atom is -0.445 e. The highest BCUT2D eigenvalue weighted by Gasteiger charge is 2.34. The number of nitrogens with zero attached hydrogens (tertiary/aromatic N) is 1. The molecule has 2 fully saturated rings. The molecule has 0 aliphatic heterocycles. The predicted octanol–water partition coefficient (Wildman–Crippen LogP) is 3.51. The molecule has 3 atom stereocenters. The van der Waals surface area contributed by atoms with Gasteiger partial charge in [-0.15, -0.1) is 0 Å². The molecule has 3 heteroatoms. The first-order valence-corrected chi connectivity index (χ1v) is 7.96. The van der Waals surface area contributed by atoms with E-state index in [2.05, 4.69) is 10.3 Å². The fraction of sp³-hybridized carbons (Fsp3) is 0.812. The van der Waals surface area contributed by atoms with Crippen LogP contribution in [0.2, 0.25) is 0 Å². The van der Waals surface area contributed by atoms with Gasteiger partial charge < -0.3 is 9.73 Å². The van der Waals surface area contributed by atoms with Crippen molar-refractivity contribution in [2.75, 3.05) is 13.6 Å². The monoisotopic (exact) mass is 262 g/mol. The van der Waals surface area contributed by atoms with Crippen molar-refractivity contribution in [3.63, 3.8) is 0 Å². The molecule has 2 saturated carbocycles. The van der Waals surface area contributed by atoms with Crippen molar-refractivity contribution in [3.8, 4) is 0 Å². The van der Waals surface area contributed by atoms with E-state index in [4.69, 9.17) is 4.42 Å². The van der Waals surface area contributed by atoms with Crippen LogP contribution >= 0.6 is 0 Å². The summed E-state index contributed by atoms with van der Waals surface area (Å²) in [7, 11) is 1.97. The lowest BCUT2D eigenvalue weighted by molar-refractivity contribution is 0.147. The van der Waals surface area contributed by atoms with Crippen LogP contribution in [0, 0.1) is 11.8 Å². The summed E-state index contributed by atoms with van der Waals surface area (Å²) < 4.78 is 5.95. The third-order valence-electron chi connectivity index (χ3n) is 5.10. The zero-order valence-electron chi connectivity index (χ0n) is 12.0. The largest absolute Gasteiger partial charge is 0.445 e. The first-order valence-electron chi connectivity index (χ1n) is 7.96. The van der Waals surface area contributed by atoms with Crippen molar-refractivity contribution >= 4 is 0 Å². The second-order valence-electron chi connectivity index (χ2n) is 6.32. The van der Waals surface area contributed by atoms with E-state index in [1.165, 1.54) is 44.9 Å². The van der Waals surface area contributed by atoms with Crippen molar-refractivity contribution in [2.45, 2.75) is 57.3 Å². The van der Waals surface area contributed by atoms with Crippen molar-refractivity contribution in [3.05, 3.63) is 17.8 Å². The second-order valence-corrected chi connectivity index (χ2v) is 6.32. The molecule has 0 saturated heterocycles. The van der Waals surface area contributed by atoms with Gasteiger partial charge in [-0.25, -0.2) is 4.98 Å². The Labute approximate surface area is 116 Å². The summed E-state index contributed by atoms with van der Waals surface area (Å²) in [6.45, 7) is 0.940. The predicted molar refractivity (Wildman–Crippen MR) is 76.2 cm³/mol. The number of hydrogen-bond donors (Lipinski definition) is 1. The quantitative estimate of drug-likeness (QED) is 0.902. The number of nitrogens with one attached hydrogen (secondary N) is 1. The fourth-order valence-electron chi connectivity index (χ4n) is 3.99. The zero-order chi connectivity index (χ0) is 13.1. The van der Waals surface area contributed by atoms with Gasteiger partial charge in [-0.2, -0.15) is 0 Å². The molecule has 106 valence electrons. The maximum atomic E-state index is 5.95. The van der Waals surface area contributed by atoms with E-state index in [1.54, 1.807) is 0 Å². The van der Waals surface area contributed by atoms with Crippen molar-refractivity contribution in [2.24, 2.45) is 11.8 Å². The SMILES string of the molecule is CNCCc1ncc(C2CCC3CCCCC3C2)o1. The average molecular weight is 262 g/mol. The minimum absolute atomic E-state index is 0.634. The molecule has 1 N–H and O–H groups in total. The highest BCUT2D eigenvalue weighted by molar-refractivity contribution is 5.05. The van der Waals surface area contributed by atoms with Gasteiger partial charge in [0.25, 0.3) is 0 Å². The van der Waals surface area contributed by atoms with Gasteiger partial charge in [0.15, 0.2) is 5.89 Å². The molecular formula is C16H26N2O. The van der Waals surface area contributed by atoms with Gasteiger partial charge in [0.1, 0.15) is 5.76 Å². The molecule has 3 rings (SSSR count). The van der Waals surface area contributed by atoms with Crippen LogP contribution in [0.5, 0.6) is 0 Å². The van der Waals surface area contributed by atoms with Crippen LogP contribution in [0.1, 0.15) is 62.5 Å². The molecule has 0 spiro atoms. The smallest absolute Gasteiger partial charge is 0.195 e. The summed E-state index contributed by atoms with van der Waals surface area (Å²) in [4.78, 5) is 4.43. The second kappa shape index (κ2) is 6.08. The minimum atomic E-state index is 0.634. The zero-order valence-corrected chi connectivity index (χ0v) is 12.0. The Morgan fingerprint density at radius 1 is 1.21 bits per heavy atom. The molecule has 0 radical (unpaired) electrons.